The van der Waals surface area contributed by atoms with Crippen LogP contribution in [-0.4, -0.2) is 93.1 Å². The van der Waals surface area contributed by atoms with E-state index >= 15 is 0 Å². The Bertz CT molecular complexity index is 1300. The number of likely N-dealkylation sites (tertiary alicyclic amines) is 1. The Hall–Kier alpha value is -3.96. The Morgan fingerprint density at radius 3 is 2.53 bits per heavy atom. The molecule has 11 heteroatoms. The molecule has 38 heavy (non-hydrogen) atoms. The molecule has 0 spiro atoms. The van der Waals surface area contributed by atoms with E-state index in [0.717, 1.165) is 13.1 Å². The quantitative estimate of drug-likeness (QED) is 0.341. The van der Waals surface area contributed by atoms with Gasteiger partial charge in [-0.3, -0.25) is 14.5 Å². The highest BCUT2D eigenvalue weighted by Crippen LogP contribution is 2.47. The van der Waals surface area contributed by atoms with Gasteiger partial charge in [0.05, 0.1) is 31.9 Å². The van der Waals surface area contributed by atoms with E-state index < -0.39 is 17.7 Å². The lowest BCUT2D eigenvalue weighted by molar-refractivity contribution is -0.140. The zero-order chi connectivity index (χ0) is 26.2. The molecule has 6 rings (SSSR count). The standard InChI is InChI=1S/C27H28N2O9/c1-33-20-13-17(14-21-26(20)38-15-37-21)23-22(24(30)16-2-3-18-19(12-16)36-11-10-35-18)25(31)27(32)29(23)5-4-28-6-8-34-9-7-28/h2-3,12-14,23,30H,4-11,15H2,1H3/t23-/m0/s1. The number of hydrogen-bond acceptors (Lipinski definition) is 10. The number of ether oxygens (including phenoxy) is 6. The minimum absolute atomic E-state index is 0.0189. The third-order valence-electron chi connectivity index (χ3n) is 7.11. The summed E-state index contributed by atoms with van der Waals surface area (Å²) in [4.78, 5) is 30.5. The zero-order valence-electron chi connectivity index (χ0n) is 20.9. The van der Waals surface area contributed by atoms with E-state index in [1.54, 1.807) is 30.3 Å². The van der Waals surface area contributed by atoms with Gasteiger partial charge in [-0.05, 0) is 35.9 Å². The first-order valence-electron chi connectivity index (χ1n) is 12.5. The summed E-state index contributed by atoms with van der Waals surface area (Å²) in [5, 5.41) is 11.5. The number of fused-ring (bicyclic) bond motifs is 2. The first-order valence-corrected chi connectivity index (χ1v) is 12.5. The van der Waals surface area contributed by atoms with Gasteiger partial charge in [0.2, 0.25) is 12.5 Å². The number of hydrogen-bond donors (Lipinski definition) is 1. The minimum atomic E-state index is -0.868. The Morgan fingerprint density at radius 1 is 0.947 bits per heavy atom. The summed E-state index contributed by atoms with van der Waals surface area (Å²) in [7, 11) is 1.51. The molecule has 0 aliphatic carbocycles. The fourth-order valence-electron chi connectivity index (χ4n) is 5.19. The first-order chi connectivity index (χ1) is 18.5. The van der Waals surface area contributed by atoms with Crippen molar-refractivity contribution in [3.8, 4) is 28.7 Å². The van der Waals surface area contributed by atoms with Gasteiger partial charge >= 0.3 is 0 Å². The highest BCUT2D eigenvalue weighted by atomic mass is 16.7. The largest absolute Gasteiger partial charge is 0.507 e. The van der Waals surface area contributed by atoms with Crippen LogP contribution < -0.4 is 23.7 Å². The lowest BCUT2D eigenvalue weighted by atomic mass is 9.94. The third-order valence-corrected chi connectivity index (χ3v) is 7.11. The molecule has 0 bridgehead atoms. The summed E-state index contributed by atoms with van der Waals surface area (Å²) < 4.78 is 33.3. The normalized spacial score (nSPS) is 22.1. The third kappa shape index (κ3) is 4.27. The number of nitrogens with zero attached hydrogens (tertiary/aromatic N) is 2. The molecule has 4 heterocycles. The number of carbonyl (C=O) groups excluding carboxylic acids is 2. The zero-order valence-corrected chi connectivity index (χ0v) is 20.9. The molecule has 0 aromatic heterocycles. The van der Waals surface area contributed by atoms with Crippen LogP contribution in [0.5, 0.6) is 28.7 Å². The average Bonchev–Trinajstić information content (AvgIpc) is 3.53. The molecular weight excluding hydrogens is 496 g/mol. The number of aliphatic hydroxyl groups excluding tert-OH is 1. The second-order valence-electron chi connectivity index (χ2n) is 9.26. The summed E-state index contributed by atoms with van der Waals surface area (Å²) in [6.07, 6.45) is 0. The summed E-state index contributed by atoms with van der Waals surface area (Å²) >= 11 is 0. The van der Waals surface area contributed by atoms with Crippen LogP contribution in [0.25, 0.3) is 5.76 Å². The van der Waals surface area contributed by atoms with Crippen molar-refractivity contribution in [1.29, 1.82) is 0 Å². The van der Waals surface area contributed by atoms with Crippen molar-refractivity contribution in [2.24, 2.45) is 0 Å². The fourth-order valence-corrected chi connectivity index (χ4v) is 5.19. The van der Waals surface area contributed by atoms with Gasteiger partial charge in [0.1, 0.15) is 19.0 Å². The summed E-state index contributed by atoms with van der Waals surface area (Å²) in [5.74, 6) is 0.577. The van der Waals surface area contributed by atoms with Gasteiger partial charge in [0, 0.05) is 31.7 Å². The number of rotatable bonds is 6. The van der Waals surface area contributed by atoms with E-state index in [-0.39, 0.29) is 24.7 Å². The summed E-state index contributed by atoms with van der Waals surface area (Å²) in [6.45, 7) is 4.38. The Morgan fingerprint density at radius 2 is 1.74 bits per heavy atom. The molecule has 1 N–H and O–H groups in total. The molecule has 4 aliphatic heterocycles. The van der Waals surface area contributed by atoms with Crippen molar-refractivity contribution >= 4 is 17.4 Å². The molecule has 11 nitrogen and oxygen atoms in total. The van der Waals surface area contributed by atoms with Crippen molar-refractivity contribution in [1.82, 2.24) is 9.80 Å². The van der Waals surface area contributed by atoms with Gasteiger partial charge in [-0.1, -0.05) is 0 Å². The molecular formula is C27H28N2O9. The molecule has 200 valence electrons. The summed E-state index contributed by atoms with van der Waals surface area (Å²) in [6, 6.07) is 7.50. The van der Waals surface area contributed by atoms with Gasteiger partial charge in [-0.25, -0.2) is 0 Å². The van der Waals surface area contributed by atoms with Gasteiger partial charge in [0.25, 0.3) is 11.7 Å². The maximum absolute atomic E-state index is 13.5. The van der Waals surface area contributed by atoms with Gasteiger partial charge in [-0.2, -0.15) is 0 Å². The van der Waals surface area contributed by atoms with Crippen LogP contribution in [0.3, 0.4) is 0 Å². The molecule has 0 saturated carbocycles. The SMILES string of the molecule is COc1cc([C@H]2C(=C(O)c3ccc4c(c3)OCCO4)C(=O)C(=O)N2CCN2CCOCC2)cc2c1OCO2. The van der Waals surface area contributed by atoms with Gasteiger partial charge in [-0.15, -0.1) is 0 Å². The van der Waals surface area contributed by atoms with Crippen molar-refractivity contribution in [2.45, 2.75) is 6.04 Å². The molecule has 1 atom stereocenters. The summed E-state index contributed by atoms with van der Waals surface area (Å²) in [5.41, 5.74) is 0.888. The van der Waals surface area contributed by atoms with E-state index in [1.165, 1.54) is 12.0 Å². The molecule has 2 aromatic rings. The van der Waals surface area contributed by atoms with Crippen LogP contribution in [0.4, 0.5) is 0 Å². The van der Waals surface area contributed by atoms with Crippen molar-refractivity contribution < 1.29 is 43.1 Å². The number of Topliss-reactive ketones (excluding diaryl/α,β-unsaturated/α-hetero) is 1. The van der Waals surface area contributed by atoms with Crippen LogP contribution in [0.2, 0.25) is 0 Å². The van der Waals surface area contributed by atoms with Crippen molar-refractivity contribution in [3.05, 3.63) is 47.0 Å². The highest BCUT2D eigenvalue weighted by Gasteiger charge is 2.47. The number of carbonyl (C=O) groups is 2. The molecule has 1 amide bonds. The Kier molecular flexibility index (Phi) is 6.46. The number of morpholine rings is 1. The Labute approximate surface area is 219 Å². The lowest BCUT2D eigenvalue weighted by Crippen LogP contribution is -2.42. The van der Waals surface area contributed by atoms with Crippen LogP contribution in [0, 0.1) is 0 Å². The topological polar surface area (TPSA) is 116 Å². The van der Waals surface area contributed by atoms with Gasteiger partial charge in [0.15, 0.2) is 23.0 Å². The monoisotopic (exact) mass is 524 g/mol. The predicted molar refractivity (Wildman–Crippen MR) is 133 cm³/mol. The Balaban J connectivity index is 1.43. The number of amides is 1. The lowest BCUT2D eigenvalue weighted by Gasteiger charge is -2.31. The number of methoxy groups -OCH3 is 1. The van der Waals surface area contributed by atoms with Crippen LogP contribution in [0.1, 0.15) is 17.2 Å². The molecule has 2 aromatic carbocycles. The number of aliphatic hydroxyl groups is 1. The number of ketones is 1. The van der Waals surface area contributed by atoms with Crippen LogP contribution >= 0.6 is 0 Å². The molecule has 0 unspecified atom stereocenters. The second kappa shape index (κ2) is 10.1. The predicted octanol–water partition coefficient (Wildman–Crippen LogP) is 1.95. The molecule has 4 aliphatic rings. The van der Waals surface area contributed by atoms with Crippen molar-refractivity contribution in [3.63, 3.8) is 0 Å². The molecule has 2 saturated heterocycles. The van der Waals surface area contributed by atoms with E-state index in [0.29, 0.717) is 72.8 Å². The minimum Gasteiger partial charge on any atom is -0.507 e. The van der Waals surface area contributed by atoms with Gasteiger partial charge < -0.3 is 38.4 Å². The smallest absolute Gasteiger partial charge is 0.295 e. The molecule has 0 radical (unpaired) electrons. The highest BCUT2D eigenvalue weighted by molar-refractivity contribution is 6.46. The second-order valence-corrected chi connectivity index (χ2v) is 9.26. The van der Waals surface area contributed by atoms with Crippen LogP contribution in [-0.2, 0) is 14.3 Å². The molecule has 2 fully saturated rings. The van der Waals surface area contributed by atoms with E-state index in [9.17, 15) is 14.7 Å². The van der Waals surface area contributed by atoms with E-state index in [2.05, 4.69) is 4.90 Å². The van der Waals surface area contributed by atoms with E-state index in [1.807, 2.05) is 0 Å². The number of benzene rings is 2. The first kappa shape index (κ1) is 24.4. The van der Waals surface area contributed by atoms with Crippen LogP contribution in [0.15, 0.2) is 35.9 Å². The fraction of sp³-hybridized carbons (Fsp3) is 0.407. The maximum atomic E-state index is 13.5. The average molecular weight is 525 g/mol. The maximum Gasteiger partial charge on any atom is 0.295 e. The van der Waals surface area contributed by atoms with Crippen molar-refractivity contribution in [2.75, 3.05) is 66.5 Å². The van der Waals surface area contributed by atoms with E-state index in [4.69, 9.17) is 28.4 Å².